The van der Waals surface area contributed by atoms with E-state index in [1.807, 2.05) is 18.0 Å². The van der Waals surface area contributed by atoms with Crippen molar-refractivity contribution in [2.24, 2.45) is 0 Å². The highest BCUT2D eigenvalue weighted by Crippen LogP contribution is 2.40. The minimum Gasteiger partial charge on any atom is -0.347 e. The van der Waals surface area contributed by atoms with Crippen LogP contribution in [0.3, 0.4) is 0 Å². The van der Waals surface area contributed by atoms with E-state index in [0.717, 1.165) is 37.9 Å². The Labute approximate surface area is 183 Å². The molecule has 2 aliphatic heterocycles. The van der Waals surface area contributed by atoms with Crippen molar-refractivity contribution in [2.45, 2.75) is 62.8 Å². The van der Waals surface area contributed by atoms with Crippen molar-refractivity contribution in [1.82, 2.24) is 9.80 Å². The molecule has 4 rings (SSSR count). The maximum Gasteiger partial charge on any atom is 0.227 e. The molecule has 1 amide bonds. The summed E-state index contributed by atoms with van der Waals surface area (Å²) in [6, 6.07) is 5.85. The minimum absolute atomic E-state index is 0.111. The molecule has 160 valence electrons. The number of benzene rings is 1. The lowest BCUT2D eigenvalue weighted by atomic mass is 9.83. The van der Waals surface area contributed by atoms with E-state index in [9.17, 15) is 4.79 Å². The normalized spacial score (nSPS) is 27.3. The van der Waals surface area contributed by atoms with E-state index in [2.05, 4.69) is 4.90 Å². The van der Waals surface area contributed by atoms with Gasteiger partial charge in [-0.15, -0.1) is 0 Å². The molecule has 0 bridgehead atoms. The van der Waals surface area contributed by atoms with E-state index < -0.39 is 5.79 Å². The molecule has 1 aliphatic carbocycles. The first kappa shape index (κ1) is 21.4. The molecule has 1 aromatic rings. The fourth-order valence-electron chi connectivity index (χ4n) is 5.08. The zero-order valence-electron chi connectivity index (χ0n) is 17.0. The van der Waals surface area contributed by atoms with Gasteiger partial charge in [0.1, 0.15) is 0 Å². The summed E-state index contributed by atoms with van der Waals surface area (Å²) < 4.78 is 12.1. The van der Waals surface area contributed by atoms with Crippen LogP contribution in [-0.4, -0.2) is 66.9 Å². The number of likely N-dealkylation sites (tertiary alicyclic amines) is 1. The molecule has 0 aromatic heterocycles. The van der Waals surface area contributed by atoms with Crippen LogP contribution in [0.4, 0.5) is 0 Å². The predicted molar refractivity (Wildman–Crippen MR) is 114 cm³/mol. The number of hydrogen-bond donors (Lipinski definition) is 0. The van der Waals surface area contributed by atoms with E-state index in [4.69, 9.17) is 32.7 Å². The van der Waals surface area contributed by atoms with Crippen LogP contribution in [0.2, 0.25) is 10.0 Å². The van der Waals surface area contributed by atoms with Gasteiger partial charge in [0.25, 0.3) is 0 Å². The fourth-order valence-corrected chi connectivity index (χ4v) is 5.40. The summed E-state index contributed by atoms with van der Waals surface area (Å²) in [4.78, 5) is 17.6. The Morgan fingerprint density at radius 3 is 2.59 bits per heavy atom. The average Bonchev–Trinajstić information content (AvgIpc) is 3.18. The second kappa shape index (κ2) is 9.11. The van der Waals surface area contributed by atoms with Crippen LogP contribution in [0.15, 0.2) is 18.2 Å². The van der Waals surface area contributed by atoms with Crippen LogP contribution < -0.4 is 0 Å². The monoisotopic (exact) mass is 440 g/mol. The van der Waals surface area contributed by atoms with Crippen molar-refractivity contribution in [3.05, 3.63) is 33.8 Å². The number of hydrogen-bond acceptors (Lipinski definition) is 4. The maximum absolute atomic E-state index is 13.1. The van der Waals surface area contributed by atoms with E-state index >= 15 is 0 Å². The van der Waals surface area contributed by atoms with Gasteiger partial charge in [0.2, 0.25) is 5.91 Å². The number of nitrogens with zero attached hydrogens (tertiary/aromatic N) is 2. The van der Waals surface area contributed by atoms with Gasteiger partial charge in [-0.3, -0.25) is 9.69 Å². The second-order valence-electron chi connectivity index (χ2n) is 8.51. The number of ether oxygens (including phenoxy) is 2. The third kappa shape index (κ3) is 4.75. The SMILES string of the molecule is CN(C(=O)Cc1ccc(Cl)c(Cl)c1)[C@@H]1CCC2(C[C@H]1N1CCCCC1)OCCO2. The lowest BCUT2D eigenvalue weighted by Gasteiger charge is -2.49. The molecule has 7 heteroatoms. The molecule has 0 radical (unpaired) electrons. The van der Waals surface area contributed by atoms with E-state index in [0.29, 0.717) is 29.7 Å². The largest absolute Gasteiger partial charge is 0.347 e. The molecule has 2 atom stereocenters. The Balaban J connectivity index is 1.48. The quantitative estimate of drug-likeness (QED) is 0.704. The van der Waals surface area contributed by atoms with Crippen LogP contribution in [0.1, 0.15) is 44.1 Å². The molecule has 1 spiro atoms. The van der Waals surface area contributed by atoms with Gasteiger partial charge in [-0.05, 0) is 50.0 Å². The predicted octanol–water partition coefficient (Wildman–Crippen LogP) is 4.14. The summed E-state index contributed by atoms with van der Waals surface area (Å²) in [5, 5.41) is 0.997. The topological polar surface area (TPSA) is 42.0 Å². The number of halogens is 2. The summed E-state index contributed by atoms with van der Waals surface area (Å²) >= 11 is 12.1. The Morgan fingerprint density at radius 2 is 1.90 bits per heavy atom. The molecular weight excluding hydrogens is 411 g/mol. The summed E-state index contributed by atoms with van der Waals surface area (Å²) in [7, 11) is 1.94. The summed E-state index contributed by atoms with van der Waals surface area (Å²) in [6.07, 6.45) is 6.63. The molecule has 0 N–H and O–H groups in total. The number of likely N-dealkylation sites (N-methyl/N-ethyl adjacent to an activating group) is 1. The number of rotatable bonds is 4. The maximum atomic E-state index is 13.1. The molecule has 3 fully saturated rings. The molecule has 2 heterocycles. The van der Waals surface area contributed by atoms with Crippen molar-refractivity contribution in [3.63, 3.8) is 0 Å². The van der Waals surface area contributed by atoms with Crippen molar-refractivity contribution in [1.29, 1.82) is 0 Å². The van der Waals surface area contributed by atoms with Gasteiger partial charge in [0.05, 0.1) is 29.7 Å². The molecule has 29 heavy (non-hydrogen) atoms. The Kier molecular flexibility index (Phi) is 6.72. The van der Waals surface area contributed by atoms with E-state index in [1.54, 1.807) is 12.1 Å². The first-order valence-corrected chi connectivity index (χ1v) is 11.4. The van der Waals surface area contributed by atoms with Crippen LogP contribution in [0.5, 0.6) is 0 Å². The van der Waals surface area contributed by atoms with Gasteiger partial charge < -0.3 is 14.4 Å². The highest BCUT2D eigenvalue weighted by atomic mass is 35.5. The zero-order valence-corrected chi connectivity index (χ0v) is 18.6. The van der Waals surface area contributed by atoms with Crippen LogP contribution in [-0.2, 0) is 20.7 Å². The van der Waals surface area contributed by atoms with Gasteiger partial charge in [-0.2, -0.15) is 0 Å². The minimum atomic E-state index is -0.452. The summed E-state index contributed by atoms with van der Waals surface area (Å²) in [5.74, 6) is -0.341. The highest BCUT2D eigenvalue weighted by molar-refractivity contribution is 6.42. The molecule has 1 saturated carbocycles. The lowest BCUT2D eigenvalue weighted by Crippen LogP contribution is -2.60. The first-order valence-electron chi connectivity index (χ1n) is 10.7. The third-order valence-corrected chi connectivity index (χ3v) is 7.43. The van der Waals surface area contributed by atoms with Crippen molar-refractivity contribution < 1.29 is 14.3 Å². The van der Waals surface area contributed by atoms with Gasteiger partial charge in [0, 0.05) is 32.0 Å². The Hall–Kier alpha value is -0.850. The standard InChI is InChI=1S/C22H30Cl2N2O3/c1-25(21(27)14-16-5-6-17(23)18(24)13-16)19-7-8-22(28-11-12-29-22)15-20(19)26-9-3-2-4-10-26/h5-6,13,19-20H,2-4,7-12,14-15H2,1H3/t19-,20-/m1/s1. The number of carbonyl (C=O) groups excluding carboxylic acids is 1. The first-order chi connectivity index (χ1) is 14.0. The lowest BCUT2D eigenvalue weighted by molar-refractivity contribution is -0.200. The van der Waals surface area contributed by atoms with Crippen molar-refractivity contribution in [3.8, 4) is 0 Å². The molecule has 1 aromatic carbocycles. The van der Waals surface area contributed by atoms with Crippen LogP contribution >= 0.6 is 23.2 Å². The summed E-state index contributed by atoms with van der Waals surface area (Å²) in [6.45, 7) is 3.52. The molecule has 3 aliphatic rings. The highest BCUT2D eigenvalue weighted by Gasteiger charge is 2.48. The molecule has 2 saturated heterocycles. The van der Waals surface area contributed by atoms with Crippen molar-refractivity contribution in [2.75, 3.05) is 33.4 Å². The van der Waals surface area contributed by atoms with Crippen LogP contribution in [0, 0.1) is 0 Å². The molecular formula is C22H30Cl2N2O3. The van der Waals surface area contributed by atoms with Gasteiger partial charge >= 0.3 is 0 Å². The molecule has 5 nitrogen and oxygen atoms in total. The Morgan fingerprint density at radius 1 is 1.17 bits per heavy atom. The fraction of sp³-hybridized carbons (Fsp3) is 0.682. The molecule has 0 unspecified atom stereocenters. The number of amides is 1. The number of piperidine rings is 1. The third-order valence-electron chi connectivity index (χ3n) is 6.69. The summed E-state index contributed by atoms with van der Waals surface area (Å²) in [5.41, 5.74) is 0.889. The smallest absolute Gasteiger partial charge is 0.227 e. The number of carbonyl (C=O) groups is 1. The second-order valence-corrected chi connectivity index (χ2v) is 9.33. The van der Waals surface area contributed by atoms with Gasteiger partial charge in [-0.25, -0.2) is 0 Å². The van der Waals surface area contributed by atoms with Crippen molar-refractivity contribution >= 4 is 29.1 Å². The van der Waals surface area contributed by atoms with Gasteiger partial charge in [-0.1, -0.05) is 35.7 Å². The van der Waals surface area contributed by atoms with Gasteiger partial charge in [0.15, 0.2) is 5.79 Å². The Bertz CT molecular complexity index is 733. The van der Waals surface area contributed by atoms with E-state index in [1.165, 1.54) is 19.3 Å². The van der Waals surface area contributed by atoms with Crippen LogP contribution in [0.25, 0.3) is 0 Å². The average molecular weight is 441 g/mol. The zero-order chi connectivity index (χ0) is 20.4. The van der Waals surface area contributed by atoms with E-state index in [-0.39, 0.29) is 18.0 Å².